The minimum atomic E-state index is -2.05. The number of nitrogens with zero attached hydrogens (tertiary/aromatic N) is 1. The number of rotatable bonds is 7. The molecule has 2 fully saturated rings. The van der Waals surface area contributed by atoms with Crippen LogP contribution >= 0.6 is 0 Å². The SMILES string of the molecule is NC(=O)[C@@H](O)[C@H](O)[C@H](O)[C@@H](O)C(=O)N(C1CCCCC1)C1CCCCC1. The largest absolute Gasteiger partial charge is 0.387 e. The molecule has 150 valence electrons. The molecule has 0 spiro atoms. The average Bonchev–Trinajstić information content (AvgIpc) is 2.67. The molecule has 0 unspecified atom stereocenters. The third kappa shape index (κ3) is 4.94. The van der Waals surface area contributed by atoms with Crippen LogP contribution in [-0.2, 0) is 9.59 Å². The number of aliphatic hydroxyl groups excluding tert-OH is 4. The molecule has 0 heterocycles. The number of primary amides is 1. The lowest BCUT2D eigenvalue weighted by atomic mass is 9.87. The predicted molar refractivity (Wildman–Crippen MR) is 93.8 cm³/mol. The van der Waals surface area contributed by atoms with Gasteiger partial charge >= 0.3 is 0 Å². The van der Waals surface area contributed by atoms with E-state index in [4.69, 9.17) is 5.73 Å². The lowest BCUT2D eigenvalue weighted by molar-refractivity contribution is -0.165. The molecule has 8 nitrogen and oxygen atoms in total. The smallest absolute Gasteiger partial charge is 0.254 e. The van der Waals surface area contributed by atoms with E-state index in [0.717, 1.165) is 64.2 Å². The van der Waals surface area contributed by atoms with Crippen LogP contribution in [0.5, 0.6) is 0 Å². The van der Waals surface area contributed by atoms with Crippen LogP contribution in [0.25, 0.3) is 0 Å². The van der Waals surface area contributed by atoms with Crippen LogP contribution in [0.3, 0.4) is 0 Å². The Hall–Kier alpha value is -1.22. The highest BCUT2D eigenvalue weighted by Gasteiger charge is 2.42. The van der Waals surface area contributed by atoms with Crippen LogP contribution in [0.1, 0.15) is 64.2 Å². The molecular weight excluding hydrogens is 340 g/mol. The summed E-state index contributed by atoms with van der Waals surface area (Å²) in [5, 5.41) is 39.8. The van der Waals surface area contributed by atoms with Gasteiger partial charge in [-0.25, -0.2) is 0 Å². The van der Waals surface area contributed by atoms with E-state index in [0.29, 0.717) is 0 Å². The first-order valence-corrected chi connectivity index (χ1v) is 9.68. The van der Waals surface area contributed by atoms with Crippen molar-refractivity contribution in [3.8, 4) is 0 Å². The van der Waals surface area contributed by atoms with Crippen LogP contribution in [0.15, 0.2) is 0 Å². The minimum absolute atomic E-state index is 0.0133. The normalized spacial score (nSPS) is 24.5. The molecule has 8 heteroatoms. The molecule has 0 bridgehead atoms. The van der Waals surface area contributed by atoms with E-state index >= 15 is 0 Å². The monoisotopic (exact) mass is 372 g/mol. The summed E-state index contributed by atoms with van der Waals surface area (Å²) in [5.41, 5.74) is 4.91. The van der Waals surface area contributed by atoms with Gasteiger partial charge in [-0.05, 0) is 25.7 Å². The Balaban J connectivity index is 2.14. The fraction of sp³-hybridized carbons (Fsp3) is 0.889. The average molecular weight is 372 g/mol. The molecule has 0 aromatic heterocycles. The van der Waals surface area contributed by atoms with Crippen LogP contribution in [0.2, 0.25) is 0 Å². The number of carbonyl (C=O) groups is 2. The molecule has 0 aromatic carbocycles. The molecule has 2 aliphatic rings. The van der Waals surface area contributed by atoms with Gasteiger partial charge in [-0.3, -0.25) is 9.59 Å². The maximum absolute atomic E-state index is 13.0. The van der Waals surface area contributed by atoms with Gasteiger partial charge in [0.2, 0.25) is 5.91 Å². The Morgan fingerprint density at radius 1 is 0.731 bits per heavy atom. The zero-order valence-corrected chi connectivity index (χ0v) is 15.2. The number of amides is 2. The van der Waals surface area contributed by atoms with Crippen molar-refractivity contribution in [3.63, 3.8) is 0 Å². The second kappa shape index (κ2) is 9.64. The van der Waals surface area contributed by atoms with Crippen LogP contribution < -0.4 is 5.73 Å². The summed E-state index contributed by atoms with van der Waals surface area (Å²) in [6, 6.07) is 0.0267. The van der Waals surface area contributed by atoms with Crippen molar-refractivity contribution in [2.45, 2.75) is 101 Å². The zero-order valence-electron chi connectivity index (χ0n) is 15.2. The summed E-state index contributed by atoms with van der Waals surface area (Å²) in [6.07, 6.45) is 1.77. The maximum Gasteiger partial charge on any atom is 0.254 e. The molecule has 2 amide bonds. The first-order valence-electron chi connectivity index (χ1n) is 9.68. The Morgan fingerprint density at radius 3 is 1.50 bits per heavy atom. The van der Waals surface area contributed by atoms with Gasteiger partial charge in [0.1, 0.15) is 12.2 Å². The standard InChI is InChI=1S/C18H32N2O6/c19-17(25)15(23)13(21)14(22)16(24)18(26)20(11-7-3-1-4-8-11)12-9-5-2-6-10-12/h11-16,21-24H,1-10H2,(H2,19,25)/t13-,14+,15+,16-/m1/s1. The third-order valence-electron chi connectivity index (χ3n) is 5.73. The molecular formula is C18H32N2O6. The number of hydrogen-bond donors (Lipinski definition) is 5. The molecule has 2 saturated carbocycles. The Labute approximate surface area is 154 Å². The lowest BCUT2D eigenvalue weighted by Gasteiger charge is -2.43. The Morgan fingerprint density at radius 2 is 1.12 bits per heavy atom. The van der Waals surface area contributed by atoms with Gasteiger partial charge in [0.25, 0.3) is 5.91 Å². The summed E-state index contributed by atoms with van der Waals surface area (Å²) in [5.74, 6) is -1.88. The summed E-state index contributed by atoms with van der Waals surface area (Å²) < 4.78 is 0. The molecule has 0 saturated heterocycles. The summed E-state index contributed by atoms with van der Waals surface area (Å²) >= 11 is 0. The molecule has 2 aliphatic carbocycles. The molecule has 0 aromatic rings. The number of carbonyl (C=O) groups excluding carboxylic acids is 2. The van der Waals surface area contributed by atoms with Gasteiger partial charge < -0.3 is 31.1 Å². The third-order valence-corrected chi connectivity index (χ3v) is 5.73. The van der Waals surface area contributed by atoms with E-state index in [1.54, 1.807) is 4.90 Å². The fourth-order valence-electron chi connectivity index (χ4n) is 4.22. The van der Waals surface area contributed by atoms with E-state index < -0.39 is 36.2 Å². The van der Waals surface area contributed by atoms with Crippen LogP contribution in [-0.4, -0.2) is 73.6 Å². The summed E-state index contributed by atoms with van der Waals surface area (Å²) in [4.78, 5) is 25.7. The number of aliphatic hydroxyl groups is 4. The number of hydrogen-bond acceptors (Lipinski definition) is 6. The Bertz CT molecular complexity index is 458. The molecule has 2 rings (SSSR count). The van der Waals surface area contributed by atoms with Crippen molar-refractivity contribution in [1.29, 1.82) is 0 Å². The van der Waals surface area contributed by atoms with Gasteiger partial charge in [-0.2, -0.15) is 0 Å². The van der Waals surface area contributed by atoms with Gasteiger partial charge in [0.05, 0.1) is 0 Å². The van der Waals surface area contributed by atoms with E-state index in [2.05, 4.69) is 0 Å². The first-order chi connectivity index (χ1) is 12.3. The van der Waals surface area contributed by atoms with Crippen molar-refractivity contribution < 1.29 is 30.0 Å². The van der Waals surface area contributed by atoms with E-state index in [-0.39, 0.29) is 12.1 Å². The highest BCUT2D eigenvalue weighted by molar-refractivity contribution is 5.83. The summed E-state index contributed by atoms with van der Waals surface area (Å²) in [7, 11) is 0. The lowest BCUT2D eigenvalue weighted by Crippen LogP contribution is -2.58. The van der Waals surface area contributed by atoms with Gasteiger partial charge in [0.15, 0.2) is 12.2 Å². The summed E-state index contributed by atoms with van der Waals surface area (Å²) in [6.45, 7) is 0. The maximum atomic E-state index is 13.0. The van der Waals surface area contributed by atoms with Gasteiger partial charge in [-0.15, -0.1) is 0 Å². The van der Waals surface area contributed by atoms with E-state index in [1.165, 1.54) is 0 Å². The topological polar surface area (TPSA) is 144 Å². The molecule has 0 radical (unpaired) electrons. The van der Waals surface area contributed by atoms with Crippen molar-refractivity contribution in [1.82, 2.24) is 4.90 Å². The van der Waals surface area contributed by atoms with Crippen LogP contribution in [0, 0.1) is 0 Å². The van der Waals surface area contributed by atoms with Crippen molar-refractivity contribution >= 4 is 11.8 Å². The first kappa shape index (κ1) is 21.1. The molecule has 4 atom stereocenters. The fourth-order valence-corrected chi connectivity index (χ4v) is 4.22. The Kier molecular flexibility index (Phi) is 7.82. The second-order valence-corrected chi connectivity index (χ2v) is 7.60. The molecule has 26 heavy (non-hydrogen) atoms. The minimum Gasteiger partial charge on any atom is -0.387 e. The van der Waals surface area contributed by atoms with Crippen molar-refractivity contribution in [2.24, 2.45) is 5.73 Å². The number of nitrogens with two attached hydrogens (primary N) is 1. The van der Waals surface area contributed by atoms with E-state index in [9.17, 15) is 30.0 Å². The second-order valence-electron chi connectivity index (χ2n) is 7.60. The molecule has 0 aliphatic heterocycles. The van der Waals surface area contributed by atoms with Crippen molar-refractivity contribution in [2.75, 3.05) is 0 Å². The van der Waals surface area contributed by atoms with E-state index in [1.807, 2.05) is 0 Å². The highest BCUT2D eigenvalue weighted by atomic mass is 16.4. The van der Waals surface area contributed by atoms with Gasteiger partial charge in [0, 0.05) is 12.1 Å². The zero-order chi connectivity index (χ0) is 19.3. The van der Waals surface area contributed by atoms with Crippen LogP contribution in [0.4, 0.5) is 0 Å². The van der Waals surface area contributed by atoms with Gasteiger partial charge in [-0.1, -0.05) is 38.5 Å². The molecule has 6 N–H and O–H groups in total. The quantitative estimate of drug-likeness (QED) is 0.404. The predicted octanol–water partition coefficient (Wildman–Crippen LogP) is -0.591. The highest BCUT2D eigenvalue weighted by Crippen LogP contribution is 2.31. The van der Waals surface area contributed by atoms with Crippen molar-refractivity contribution in [3.05, 3.63) is 0 Å².